The van der Waals surface area contributed by atoms with E-state index < -0.39 is 5.25 Å². The Morgan fingerprint density at radius 3 is 2.65 bits per heavy atom. The second-order valence-corrected chi connectivity index (χ2v) is 9.25. The Kier molecular flexibility index (Phi) is 6.42. The van der Waals surface area contributed by atoms with Crippen LogP contribution in [0.5, 0.6) is 11.5 Å². The van der Waals surface area contributed by atoms with E-state index in [1.165, 1.54) is 11.8 Å². The van der Waals surface area contributed by atoms with E-state index in [1.807, 2.05) is 48.5 Å². The zero-order valence-corrected chi connectivity index (χ0v) is 19.5. The van der Waals surface area contributed by atoms with Crippen LogP contribution >= 0.6 is 23.4 Å². The third-order valence-electron chi connectivity index (χ3n) is 5.32. The quantitative estimate of drug-likeness (QED) is 0.526. The average Bonchev–Trinajstić information content (AvgIpc) is 3.31. The van der Waals surface area contributed by atoms with Gasteiger partial charge in [-0.25, -0.2) is 4.99 Å². The highest BCUT2D eigenvalue weighted by atomic mass is 35.5. The Labute approximate surface area is 205 Å². The van der Waals surface area contributed by atoms with Crippen LogP contribution in [0.15, 0.2) is 77.8 Å². The number of carbonyl (C=O) groups excluding carboxylic acids is 2. The van der Waals surface area contributed by atoms with Crippen molar-refractivity contribution in [1.82, 2.24) is 4.90 Å². The number of thioether (sulfide) groups is 1. The Morgan fingerprint density at radius 2 is 1.82 bits per heavy atom. The van der Waals surface area contributed by atoms with Crippen molar-refractivity contribution >= 4 is 51.7 Å². The number of carbonyl (C=O) groups is 2. The summed E-state index contributed by atoms with van der Waals surface area (Å²) in [6.45, 7) is 0.479. The number of nitrogens with zero attached hydrogens (tertiary/aromatic N) is 2. The fourth-order valence-corrected chi connectivity index (χ4v) is 4.89. The lowest BCUT2D eigenvalue weighted by atomic mass is 10.1. The largest absolute Gasteiger partial charge is 0.454 e. The van der Waals surface area contributed by atoms with Crippen molar-refractivity contribution in [3.8, 4) is 11.5 Å². The normalized spacial score (nSPS) is 18.3. The molecule has 1 fully saturated rings. The van der Waals surface area contributed by atoms with Gasteiger partial charge in [0.1, 0.15) is 5.25 Å². The van der Waals surface area contributed by atoms with Gasteiger partial charge in [-0.15, -0.1) is 0 Å². The Morgan fingerprint density at radius 1 is 1.06 bits per heavy atom. The number of nitrogens with one attached hydrogen (secondary N) is 1. The van der Waals surface area contributed by atoms with Gasteiger partial charge < -0.3 is 14.8 Å². The second-order valence-electron chi connectivity index (χ2n) is 7.68. The number of aliphatic imine (C=N–C) groups is 1. The summed E-state index contributed by atoms with van der Waals surface area (Å²) in [5.74, 6) is 0.839. The molecule has 2 heterocycles. The summed E-state index contributed by atoms with van der Waals surface area (Å²) >= 11 is 7.45. The molecule has 2 aliphatic rings. The SMILES string of the molecule is O=C(Nc1ccccc1Cl)C1CC(=O)N(Cc2ccc3c(c2)OCO3)C(=Nc2ccccc2)S1. The lowest BCUT2D eigenvalue weighted by Gasteiger charge is -2.32. The van der Waals surface area contributed by atoms with Crippen LogP contribution in [0, 0.1) is 0 Å². The zero-order valence-electron chi connectivity index (χ0n) is 17.9. The number of amidine groups is 1. The van der Waals surface area contributed by atoms with Gasteiger partial charge in [0.05, 0.1) is 22.9 Å². The van der Waals surface area contributed by atoms with Crippen molar-refractivity contribution in [3.63, 3.8) is 0 Å². The molecule has 2 amide bonds. The summed E-state index contributed by atoms with van der Waals surface area (Å²) in [5, 5.41) is 3.08. The molecule has 34 heavy (non-hydrogen) atoms. The van der Waals surface area contributed by atoms with Crippen LogP contribution in [-0.2, 0) is 16.1 Å². The predicted molar refractivity (Wildman–Crippen MR) is 133 cm³/mol. The van der Waals surface area contributed by atoms with Crippen LogP contribution in [0.25, 0.3) is 0 Å². The number of fused-ring (bicyclic) bond motifs is 1. The zero-order chi connectivity index (χ0) is 23.5. The van der Waals surface area contributed by atoms with Gasteiger partial charge in [0.25, 0.3) is 0 Å². The predicted octanol–water partition coefficient (Wildman–Crippen LogP) is 5.23. The molecule has 9 heteroatoms. The van der Waals surface area contributed by atoms with E-state index in [0.29, 0.717) is 39.6 Å². The molecule has 2 aliphatic heterocycles. The molecule has 3 aromatic carbocycles. The first-order valence-corrected chi connectivity index (χ1v) is 11.9. The summed E-state index contributed by atoms with van der Waals surface area (Å²) in [7, 11) is 0. The molecule has 0 spiro atoms. The maximum atomic E-state index is 13.2. The molecule has 3 aromatic rings. The molecule has 1 atom stereocenters. The number of hydrogen-bond acceptors (Lipinski definition) is 6. The number of anilines is 1. The van der Waals surface area contributed by atoms with E-state index in [9.17, 15) is 9.59 Å². The molecule has 1 saturated heterocycles. The van der Waals surface area contributed by atoms with Gasteiger partial charge in [0.2, 0.25) is 18.6 Å². The average molecular weight is 494 g/mol. The van der Waals surface area contributed by atoms with Crippen LogP contribution in [0.3, 0.4) is 0 Å². The summed E-state index contributed by atoms with van der Waals surface area (Å²) in [6, 6.07) is 21.9. The van der Waals surface area contributed by atoms with Gasteiger partial charge in [-0.1, -0.05) is 59.8 Å². The van der Waals surface area contributed by atoms with E-state index in [4.69, 9.17) is 26.1 Å². The highest BCUT2D eigenvalue weighted by Gasteiger charge is 2.36. The Hall–Kier alpha value is -3.49. The summed E-state index contributed by atoms with van der Waals surface area (Å²) in [5.41, 5.74) is 2.07. The van der Waals surface area contributed by atoms with E-state index in [2.05, 4.69) is 5.32 Å². The lowest BCUT2D eigenvalue weighted by molar-refractivity contribution is -0.129. The molecule has 172 valence electrons. The molecule has 0 aliphatic carbocycles. The van der Waals surface area contributed by atoms with Gasteiger partial charge in [-0.05, 0) is 42.0 Å². The molecule has 1 N–H and O–H groups in total. The molecule has 0 bridgehead atoms. The third kappa shape index (κ3) is 4.88. The highest BCUT2D eigenvalue weighted by molar-refractivity contribution is 8.15. The molecule has 0 saturated carbocycles. The summed E-state index contributed by atoms with van der Waals surface area (Å²) in [6.07, 6.45) is 0.0410. The third-order valence-corrected chi connectivity index (χ3v) is 6.84. The smallest absolute Gasteiger partial charge is 0.238 e. The van der Waals surface area contributed by atoms with Crippen LogP contribution in [0.1, 0.15) is 12.0 Å². The fraction of sp³-hybridized carbons (Fsp3) is 0.160. The Balaban J connectivity index is 1.40. The molecule has 0 radical (unpaired) electrons. The fourth-order valence-electron chi connectivity index (χ4n) is 3.61. The van der Waals surface area contributed by atoms with E-state index in [1.54, 1.807) is 29.2 Å². The second kappa shape index (κ2) is 9.79. The molecule has 1 unspecified atom stereocenters. The van der Waals surface area contributed by atoms with Crippen molar-refractivity contribution in [3.05, 3.63) is 83.4 Å². The van der Waals surface area contributed by atoms with E-state index in [-0.39, 0.29) is 25.0 Å². The van der Waals surface area contributed by atoms with E-state index in [0.717, 1.165) is 5.56 Å². The summed E-state index contributed by atoms with van der Waals surface area (Å²) < 4.78 is 10.8. The maximum Gasteiger partial charge on any atom is 0.238 e. The molecular formula is C25H20ClN3O4S. The van der Waals surface area contributed by atoms with Crippen molar-refractivity contribution in [1.29, 1.82) is 0 Å². The molecule has 7 nitrogen and oxygen atoms in total. The van der Waals surface area contributed by atoms with E-state index >= 15 is 0 Å². The number of rotatable bonds is 5. The number of hydrogen-bond donors (Lipinski definition) is 1. The van der Waals surface area contributed by atoms with Gasteiger partial charge in [-0.3, -0.25) is 14.5 Å². The summed E-state index contributed by atoms with van der Waals surface area (Å²) in [4.78, 5) is 32.6. The molecule has 0 aromatic heterocycles. The van der Waals surface area contributed by atoms with Crippen molar-refractivity contribution in [2.24, 2.45) is 4.99 Å². The van der Waals surface area contributed by atoms with Crippen LogP contribution in [0.2, 0.25) is 5.02 Å². The molecule has 5 rings (SSSR count). The minimum absolute atomic E-state index is 0.0410. The standard InChI is InChI=1S/C25H20ClN3O4S/c26-18-8-4-5-9-19(18)28-24(31)22-13-23(30)29(25(34-22)27-17-6-2-1-3-7-17)14-16-10-11-20-21(12-16)33-15-32-20/h1-12,22H,13-15H2,(H,28,31). The first kappa shape index (κ1) is 22.3. The number of ether oxygens (including phenoxy) is 2. The topological polar surface area (TPSA) is 80.2 Å². The van der Waals surface area contributed by atoms with Crippen molar-refractivity contribution in [2.45, 2.75) is 18.2 Å². The lowest BCUT2D eigenvalue weighted by Crippen LogP contribution is -2.44. The van der Waals surface area contributed by atoms with Crippen molar-refractivity contribution < 1.29 is 19.1 Å². The first-order chi connectivity index (χ1) is 16.6. The molecular weight excluding hydrogens is 474 g/mol. The Bertz CT molecular complexity index is 1270. The van der Waals surface area contributed by atoms with Crippen LogP contribution in [0.4, 0.5) is 11.4 Å². The van der Waals surface area contributed by atoms with Crippen molar-refractivity contribution in [2.75, 3.05) is 12.1 Å². The number of halogens is 1. The van der Waals surface area contributed by atoms with Gasteiger partial charge in [0, 0.05) is 6.42 Å². The monoisotopic (exact) mass is 493 g/mol. The van der Waals surface area contributed by atoms with Gasteiger partial charge in [0.15, 0.2) is 16.7 Å². The minimum Gasteiger partial charge on any atom is -0.454 e. The van der Waals surface area contributed by atoms with Gasteiger partial charge >= 0.3 is 0 Å². The van der Waals surface area contributed by atoms with Crippen LogP contribution < -0.4 is 14.8 Å². The number of amides is 2. The number of benzene rings is 3. The van der Waals surface area contributed by atoms with Gasteiger partial charge in [-0.2, -0.15) is 0 Å². The minimum atomic E-state index is -0.640. The van der Waals surface area contributed by atoms with Crippen LogP contribution in [-0.4, -0.2) is 33.9 Å². The maximum absolute atomic E-state index is 13.2. The first-order valence-electron chi connectivity index (χ1n) is 10.6. The highest BCUT2D eigenvalue weighted by Crippen LogP contribution is 2.35. The number of para-hydroxylation sites is 2.